The van der Waals surface area contributed by atoms with Crippen molar-refractivity contribution in [3.63, 3.8) is 0 Å². The van der Waals surface area contributed by atoms with Gasteiger partial charge in [0.25, 0.3) is 0 Å². The van der Waals surface area contributed by atoms with E-state index < -0.39 is 0 Å². The van der Waals surface area contributed by atoms with Crippen LogP contribution in [0.4, 0.5) is 0 Å². The molecule has 2 aliphatic rings. The van der Waals surface area contributed by atoms with E-state index >= 15 is 0 Å². The third kappa shape index (κ3) is 3.99. The fourth-order valence-electron chi connectivity index (χ4n) is 3.98. The Bertz CT molecular complexity index is 510. The molecule has 3 rings (SSSR count). The van der Waals surface area contributed by atoms with Crippen LogP contribution in [0, 0.1) is 5.92 Å². The van der Waals surface area contributed by atoms with Crippen molar-refractivity contribution in [2.75, 3.05) is 26.4 Å². The highest BCUT2D eigenvalue weighted by Gasteiger charge is 2.53. The topological polar surface area (TPSA) is 36.9 Å². The van der Waals surface area contributed by atoms with Crippen molar-refractivity contribution in [2.24, 2.45) is 5.92 Å². The molecule has 3 atom stereocenters. The lowest BCUT2D eigenvalue weighted by Crippen LogP contribution is -2.43. The van der Waals surface area contributed by atoms with Crippen LogP contribution in [0.2, 0.25) is 0 Å². The van der Waals surface area contributed by atoms with Gasteiger partial charge in [0.15, 0.2) is 0 Å². The van der Waals surface area contributed by atoms with E-state index in [-0.39, 0.29) is 17.3 Å². The van der Waals surface area contributed by atoms with E-state index in [2.05, 4.69) is 32.9 Å². The molecular formula is C20H30O4. The molecule has 1 aromatic rings. The predicted octanol–water partition coefficient (Wildman–Crippen LogP) is 3.58. The van der Waals surface area contributed by atoms with Gasteiger partial charge in [0.1, 0.15) is 0 Å². The standard InChI is InChI=1S/C20H30O4/c1-4-20(15-22-13-16-8-6-5-7-9-16)12-17(19(2,3)24-20)18-14-21-10-11-23-18/h5-9,17-18H,4,10-15H2,1-3H3. The maximum atomic E-state index is 6.53. The second kappa shape index (κ2) is 7.52. The number of rotatable bonds is 6. The van der Waals surface area contributed by atoms with Gasteiger partial charge < -0.3 is 18.9 Å². The summed E-state index contributed by atoms with van der Waals surface area (Å²) in [4.78, 5) is 0. The molecular weight excluding hydrogens is 304 g/mol. The Morgan fingerprint density at radius 3 is 2.62 bits per heavy atom. The molecule has 0 aromatic heterocycles. The second-order valence-electron chi connectivity index (χ2n) is 7.52. The summed E-state index contributed by atoms with van der Waals surface area (Å²) in [6, 6.07) is 10.3. The third-order valence-corrected chi connectivity index (χ3v) is 5.38. The van der Waals surface area contributed by atoms with Crippen molar-refractivity contribution >= 4 is 0 Å². The van der Waals surface area contributed by atoms with Gasteiger partial charge in [-0.3, -0.25) is 0 Å². The van der Waals surface area contributed by atoms with Gasteiger partial charge in [-0.05, 0) is 32.3 Å². The van der Waals surface area contributed by atoms with Gasteiger partial charge in [-0.15, -0.1) is 0 Å². The third-order valence-electron chi connectivity index (χ3n) is 5.38. The van der Waals surface area contributed by atoms with E-state index in [1.54, 1.807) is 0 Å². The highest BCUT2D eigenvalue weighted by Crippen LogP contribution is 2.46. The summed E-state index contributed by atoms with van der Waals surface area (Å²) in [7, 11) is 0. The maximum absolute atomic E-state index is 6.53. The van der Waals surface area contributed by atoms with Gasteiger partial charge in [-0.25, -0.2) is 0 Å². The minimum Gasteiger partial charge on any atom is -0.376 e. The van der Waals surface area contributed by atoms with Crippen LogP contribution in [-0.2, 0) is 25.6 Å². The maximum Gasteiger partial charge on any atom is 0.0924 e. The molecule has 2 fully saturated rings. The average Bonchev–Trinajstić information content (AvgIpc) is 2.88. The molecule has 4 nitrogen and oxygen atoms in total. The Balaban J connectivity index is 1.61. The Labute approximate surface area is 145 Å². The minimum atomic E-state index is -0.232. The van der Waals surface area contributed by atoms with Crippen LogP contribution in [0.5, 0.6) is 0 Å². The average molecular weight is 334 g/mol. The zero-order chi connectivity index (χ0) is 17.0. The molecule has 134 valence electrons. The van der Waals surface area contributed by atoms with Gasteiger partial charge in [0.05, 0.1) is 50.3 Å². The Hall–Kier alpha value is -0.940. The highest BCUT2D eigenvalue weighted by molar-refractivity contribution is 5.13. The van der Waals surface area contributed by atoms with Crippen molar-refractivity contribution in [1.29, 1.82) is 0 Å². The van der Waals surface area contributed by atoms with Gasteiger partial charge in [-0.2, -0.15) is 0 Å². The minimum absolute atomic E-state index is 0.122. The fourth-order valence-corrected chi connectivity index (χ4v) is 3.98. The second-order valence-corrected chi connectivity index (χ2v) is 7.52. The zero-order valence-corrected chi connectivity index (χ0v) is 15.1. The molecule has 4 heteroatoms. The molecule has 0 N–H and O–H groups in total. The van der Waals surface area contributed by atoms with E-state index in [0.29, 0.717) is 39.0 Å². The quantitative estimate of drug-likeness (QED) is 0.797. The lowest BCUT2D eigenvalue weighted by molar-refractivity contribution is -0.155. The predicted molar refractivity (Wildman–Crippen MR) is 93.0 cm³/mol. The molecule has 0 spiro atoms. The summed E-state index contributed by atoms with van der Waals surface area (Å²) >= 11 is 0. The van der Waals surface area contributed by atoms with E-state index in [9.17, 15) is 0 Å². The molecule has 2 saturated heterocycles. The summed E-state index contributed by atoms with van der Waals surface area (Å²) in [5.41, 5.74) is 0.739. The molecule has 0 radical (unpaired) electrons. The van der Waals surface area contributed by atoms with Crippen molar-refractivity contribution in [3.05, 3.63) is 35.9 Å². The summed E-state index contributed by atoms with van der Waals surface area (Å²) < 4.78 is 24.1. The van der Waals surface area contributed by atoms with E-state index in [1.165, 1.54) is 5.56 Å². The van der Waals surface area contributed by atoms with Crippen LogP contribution in [0.15, 0.2) is 30.3 Å². The molecule has 0 bridgehead atoms. The molecule has 0 saturated carbocycles. The van der Waals surface area contributed by atoms with Gasteiger partial charge in [0, 0.05) is 5.92 Å². The molecule has 0 aliphatic carbocycles. The summed E-state index contributed by atoms with van der Waals surface area (Å²) in [5, 5.41) is 0. The first-order valence-electron chi connectivity index (χ1n) is 9.06. The van der Waals surface area contributed by atoms with Crippen molar-refractivity contribution in [2.45, 2.75) is 57.5 Å². The monoisotopic (exact) mass is 334 g/mol. The lowest BCUT2D eigenvalue weighted by Gasteiger charge is -2.34. The molecule has 24 heavy (non-hydrogen) atoms. The van der Waals surface area contributed by atoms with Crippen LogP contribution in [0.25, 0.3) is 0 Å². The summed E-state index contributed by atoms with van der Waals surface area (Å²) in [5.74, 6) is 0.332. The molecule has 0 amide bonds. The van der Waals surface area contributed by atoms with Crippen LogP contribution >= 0.6 is 0 Å². The zero-order valence-electron chi connectivity index (χ0n) is 15.1. The Morgan fingerprint density at radius 1 is 1.17 bits per heavy atom. The first kappa shape index (κ1) is 17.9. The normalized spacial score (nSPS) is 32.8. The smallest absolute Gasteiger partial charge is 0.0924 e. The number of hydrogen-bond donors (Lipinski definition) is 0. The number of ether oxygens (including phenoxy) is 4. The van der Waals surface area contributed by atoms with E-state index in [4.69, 9.17) is 18.9 Å². The van der Waals surface area contributed by atoms with Crippen LogP contribution in [0.1, 0.15) is 39.2 Å². The molecule has 2 aliphatic heterocycles. The largest absolute Gasteiger partial charge is 0.376 e. The number of benzene rings is 1. The Kier molecular flexibility index (Phi) is 5.60. The van der Waals surface area contributed by atoms with Crippen LogP contribution in [0.3, 0.4) is 0 Å². The van der Waals surface area contributed by atoms with Crippen molar-refractivity contribution in [3.8, 4) is 0 Å². The van der Waals surface area contributed by atoms with Crippen LogP contribution in [-0.4, -0.2) is 43.7 Å². The first-order chi connectivity index (χ1) is 11.5. The van der Waals surface area contributed by atoms with Gasteiger partial charge in [-0.1, -0.05) is 37.3 Å². The van der Waals surface area contributed by atoms with Gasteiger partial charge in [0.2, 0.25) is 0 Å². The van der Waals surface area contributed by atoms with Gasteiger partial charge >= 0.3 is 0 Å². The highest BCUT2D eigenvalue weighted by atomic mass is 16.6. The van der Waals surface area contributed by atoms with Crippen LogP contribution < -0.4 is 0 Å². The van der Waals surface area contributed by atoms with E-state index in [1.807, 2.05) is 18.2 Å². The summed E-state index contributed by atoms with van der Waals surface area (Å²) in [6.07, 6.45) is 2.02. The Morgan fingerprint density at radius 2 is 1.96 bits per heavy atom. The summed E-state index contributed by atoms with van der Waals surface area (Å²) in [6.45, 7) is 9.82. The van der Waals surface area contributed by atoms with Crippen molar-refractivity contribution in [1.82, 2.24) is 0 Å². The first-order valence-corrected chi connectivity index (χ1v) is 9.06. The molecule has 3 unspecified atom stereocenters. The fraction of sp³-hybridized carbons (Fsp3) is 0.700. The van der Waals surface area contributed by atoms with Crippen molar-refractivity contribution < 1.29 is 18.9 Å². The van der Waals surface area contributed by atoms with E-state index in [0.717, 1.165) is 12.8 Å². The molecule has 2 heterocycles. The lowest BCUT2D eigenvalue weighted by atomic mass is 9.81. The number of hydrogen-bond acceptors (Lipinski definition) is 4. The SMILES string of the molecule is CCC1(COCc2ccccc2)CC(C2COCCO2)C(C)(C)O1. The molecule has 1 aromatic carbocycles.